The number of unbranched alkanes of at least 4 members (excludes halogenated alkanes) is 55. The highest BCUT2D eigenvalue weighted by Gasteiger charge is 2.20. The first kappa shape index (κ1) is 73.9. The molecule has 0 aliphatic heterocycles. The molecule has 2 unspecified atom stereocenters. The minimum atomic E-state index is -0.664. The quantitative estimate of drug-likeness (QED) is 0.0417. The molecule has 75 heavy (non-hydrogen) atoms. The average Bonchev–Trinajstić information content (AvgIpc) is 3.41. The van der Waals surface area contributed by atoms with Crippen molar-refractivity contribution in [1.29, 1.82) is 0 Å². The molecule has 0 aliphatic rings. The van der Waals surface area contributed by atoms with E-state index < -0.39 is 12.1 Å². The van der Waals surface area contributed by atoms with Crippen LogP contribution in [-0.4, -0.2) is 47.4 Å². The highest BCUT2D eigenvalue weighted by Crippen LogP contribution is 2.19. The highest BCUT2D eigenvalue weighted by molar-refractivity contribution is 5.76. The summed E-state index contributed by atoms with van der Waals surface area (Å²) in [7, 11) is 0. The lowest BCUT2D eigenvalue weighted by atomic mass is 10.0. The molecule has 0 rings (SSSR count). The minimum absolute atomic E-state index is 0.0183. The standard InChI is InChI=1S/C69H137NO5/c1-3-5-7-9-11-13-15-17-19-21-26-31-35-39-43-47-51-55-59-63-69(74)75-64-60-56-52-48-44-40-36-32-28-25-23-24-27-30-34-38-42-46-50-54-58-62-68(73)70-66(65-71)67(72)61-57-53-49-45-41-37-33-29-22-20-18-16-14-12-10-8-6-4-2/h66-67,71-72H,3-65H2,1-2H3,(H,70,73). The lowest BCUT2D eigenvalue weighted by Gasteiger charge is -2.22. The number of amides is 1. The molecular weight excluding hydrogens is 923 g/mol. The first-order valence-corrected chi connectivity index (χ1v) is 34.8. The first-order valence-electron chi connectivity index (χ1n) is 34.8. The molecule has 0 bridgehead atoms. The number of rotatable bonds is 66. The Labute approximate surface area is 470 Å². The van der Waals surface area contributed by atoms with Crippen LogP contribution in [0, 0.1) is 0 Å². The third-order valence-electron chi connectivity index (χ3n) is 16.7. The van der Waals surface area contributed by atoms with E-state index in [0.717, 1.165) is 38.5 Å². The molecule has 448 valence electrons. The van der Waals surface area contributed by atoms with Crippen LogP contribution in [0.2, 0.25) is 0 Å². The fourth-order valence-corrected chi connectivity index (χ4v) is 11.4. The van der Waals surface area contributed by atoms with Gasteiger partial charge in [0.15, 0.2) is 0 Å². The van der Waals surface area contributed by atoms with Gasteiger partial charge in [-0.1, -0.05) is 367 Å². The second-order valence-corrected chi connectivity index (χ2v) is 24.2. The Balaban J connectivity index is 3.35. The normalized spacial score (nSPS) is 12.4. The Morgan fingerprint density at radius 2 is 0.547 bits per heavy atom. The SMILES string of the molecule is CCCCCCCCCCCCCCCCCCCCCC(=O)OCCCCCCCCCCCCCCCCCCCCCCCC(=O)NC(CO)C(O)CCCCCCCCCCCCCCCCCCCC. The van der Waals surface area contributed by atoms with Crippen molar-refractivity contribution >= 4 is 11.9 Å². The predicted molar refractivity (Wildman–Crippen MR) is 329 cm³/mol. The maximum atomic E-state index is 12.5. The second kappa shape index (κ2) is 65.4. The molecule has 0 aromatic rings. The van der Waals surface area contributed by atoms with E-state index in [1.54, 1.807) is 0 Å². The number of aliphatic hydroxyl groups excluding tert-OH is 2. The van der Waals surface area contributed by atoms with Gasteiger partial charge < -0.3 is 20.3 Å². The highest BCUT2D eigenvalue weighted by atomic mass is 16.5. The molecule has 1 amide bonds. The second-order valence-electron chi connectivity index (χ2n) is 24.2. The average molecular weight is 1060 g/mol. The van der Waals surface area contributed by atoms with E-state index in [1.165, 1.54) is 334 Å². The summed E-state index contributed by atoms with van der Waals surface area (Å²) in [5.41, 5.74) is 0. The number of aliphatic hydroxyl groups is 2. The van der Waals surface area contributed by atoms with E-state index in [2.05, 4.69) is 19.2 Å². The topological polar surface area (TPSA) is 95.9 Å². The maximum absolute atomic E-state index is 12.5. The van der Waals surface area contributed by atoms with Crippen molar-refractivity contribution in [3.8, 4) is 0 Å². The van der Waals surface area contributed by atoms with E-state index in [1.807, 2.05) is 0 Å². The first-order chi connectivity index (χ1) is 37.0. The fraction of sp³-hybridized carbons (Fsp3) is 0.971. The van der Waals surface area contributed by atoms with Gasteiger partial charge in [-0.3, -0.25) is 9.59 Å². The van der Waals surface area contributed by atoms with Crippen molar-refractivity contribution < 1.29 is 24.5 Å². The van der Waals surface area contributed by atoms with Crippen LogP contribution < -0.4 is 5.32 Å². The minimum Gasteiger partial charge on any atom is -0.466 e. The molecule has 2 atom stereocenters. The summed E-state index contributed by atoms with van der Waals surface area (Å²) in [5.74, 6) is -0.0128. The van der Waals surface area contributed by atoms with Gasteiger partial charge in [0.25, 0.3) is 0 Å². The van der Waals surface area contributed by atoms with Crippen LogP contribution in [0.25, 0.3) is 0 Å². The number of carbonyl (C=O) groups excluding carboxylic acids is 2. The van der Waals surface area contributed by atoms with Gasteiger partial charge in [0.1, 0.15) is 0 Å². The van der Waals surface area contributed by atoms with Crippen molar-refractivity contribution in [1.82, 2.24) is 5.32 Å². The van der Waals surface area contributed by atoms with E-state index in [9.17, 15) is 19.8 Å². The Morgan fingerprint density at radius 1 is 0.320 bits per heavy atom. The number of esters is 1. The zero-order chi connectivity index (χ0) is 54.3. The third-order valence-corrected chi connectivity index (χ3v) is 16.7. The van der Waals surface area contributed by atoms with Crippen LogP contribution in [-0.2, 0) is 14.3 Å². The molecule has 0 saturated heterocycles. The number of hydrogen-bond donors (Lipinski definition) is 3. The summed E-state index contributed by atoms with van der Waals surface area (Å²) in [6.07, 6.45) is 78.5. The molecule has 0 aromatic carbocycles. The summed E-state index contributed by atoms with van der Waals surface area (Å²) in [6.45, 7) is 5.00. The van der Waals surface area contributed by atoms with Gasteiger partial charge in [-0.2, -0.15) is 0 Å². The largest absolute Gasteiger partial charge is 0.466 e. The molecule has 0 fully saturated rings. The van der Waals surface area contributed by atoms with Gasteiger partial charge in [0.2, 0.25) is 5.91 Å². The van der Waals surface area contributed by atoms with E-state index in [0.29, 0.717) is 25.9 Å². The van der Waals surface area contributed by atoms with Crippen LogP contribution in [0.5, 0.6) is 0 Å². The molecular formula is C69H137NO5. The van der Waals surface area contributed by atoms with Crippen molar-refractivity contribution in [2.24, 2.45) is 0 Å². The molecule has 0 aliphatic carbocycles. The number of ether oxygens (including phenoxy) is 1. The smallest absolute Gasteiger partial charge is 0.305 e. The molecule has 0 heterocycles. The maximum Gasteiger partial charge on any atom is 0.305 e. The number of nitrogens with one attached hydrogen (secondary N) is 1. The molecule has 0 aromatic heterocycles. The van der Waals surface area contributed by atoms with Crippen LogP contribution in [0.4, 0.5) is 0 Å². The van der Waals surface area contributed by atoms with Gasteiger partial charge in [-0.05, 0) is 25.7 Å². The summed E-state index contributed by atoms with van der Waals surface area (Å²) >= 11 is 0. The Kier molecular flexibility index (Phi) is 64.4. The van der Waals surface area contributed by atoms with Crippen LogP contribution in [0.3, 0.4) is 0 Å². The van der Waals surface area contributed by atoms with Gasteiger partial charge in [0.05, 0.1) is 25.4 Å². The number of hydrogen-bond acceptors (Lipinski definition) is 5. The zero-order valence-corrected chi connectivity index (χ0v) is 51.3. The Hall–Kier alpha value is -1.14. The Morgan fingerprint density at radius 3 is 0.813 bits per heavy atom. The Bertz CT molecular complexity index is 1080. The summed E-state index contributed by atoms with van der Waals surface area (Å²) in [4.78, 5) is 24.6. The van der Waals surface area contributed by atoms with Crippen molar-refractivity contribution in [2.75, 3.05) is 13.2 Å². The third kappa shape index (κ3) is 61.9. The lowest BCUT2D eigenvalue weighted by Crippen LogP contribution is -2.45. The van der Waals surface area contributed by atoms with Crippen LogP contribution in [0.15, 0.2) is 0 Å². The molecule has 3 N–H and O–H groups in total. The van der Waals surface area contributed by atoms with Crippen molar-refractivity contribution in [3.63, 3.8) is 0 Å². The van der Waals surface area contributed by atoms with Gasteiger partial charge in [0, 0.05) is 12.8 Å². The van der Waals surface area contributed by atoms with Crippen LogP contribution in [0.1, 0.15) is 406 Å². The van der Waals surface area contributed by atoms with E-state index in [-0.39, 0.29) is 18.5 Å². The molecule has 6 nitrogen and oxygen atoms in total. The van der Waals surface area contributed by atoms with E-state index >= 15 is 0 Å². The van der Waals surface area contributed by atoms with Gasteiger partial charge in [-0.15, -0.1) is 0 Å². The van der Waals surface area contributed by atoms with Crippen molar-refractivity contribution in [3.05, 3.63) is 0 Å². The van der Waals surface area contributed by atoms with Gasteiger partial charge >= 0.3 is 5.97 Å². The van der Waals surface area contributed by atoms with Crippen molar-refractivity contribution in [2.45, 2.75) is 418 Å². The molecule has 0 radical (unpaired) electrons. The molecule has 0 saturated carbocycles. The molecule has 6 heteroatoms. The monoisotopic (exact) mass is 1060 g/mol. The predicted octanol–water partition coefficient (Wildman–Crippen LogP) is 22.2. The zero-order valence-electron chi connectivity index (χ0n) is 51.3. The number of carbonyl (C=O) groups is 2. The van der Waals surface area contributed by atoms with Gasteiger partial charge in [-0.25, -0.2) is 0 Å². The van der Waals surface area contributed by atoms with E-state index in [4.69, 9.17) is 4.74 Å². The summed E-state index contributed by atoms with van der Waals surface area (Å²) in [5, 5.41) is 23.4. The summed E-state index contributed by atoms with van der Waals surface area (Å²) < 4.78 is 5.51. The molecule has 0 spiro atoms. The lowest BCUT2D eigenvalue weighted by molar-refractivity contribution is -0.143. The summed E-state index contributed by atoms with van der Waals surface area (Å²) in [6, 6.07) is -0.542. The fourth-order valence-electron chi connectivity index (χ4n) is 11.4. The van der Waals surface area contributed by atoms with Crippen LogP contribution >= 0.6 is 0 Å².